The maximum Gasteiger partial charge on any atom is 0.306 e. The minimum Gasteiger partial charge on any atom is -0.481 e. The van der Waals surface area contributed by atoms with Gasteiger partial charge in [-0.25, -0.2) is 18.1 Å². The monoisotopic (exact) mass is 297 g/mol. The summed E-state index contributed by atoms with van der Waals surface area (Å²) in [7, 11) is -3.80. The molecule has 0 aliphatic heterocycles. The van der Waals surface area contributed by atoms with Crippen molar-refractivity contribution >= 4 is 16.0 Å². The summed E-state index contributed by atoms with van der Waals surface area (Å²) in [6, 6.07) is 4.45. The van der Waals surface area contributed by atoms with E-state index in [0.717, 1.165) is 0 Å². The zero-order chi connectivity index (χ0) is 15.2. The zero-order valence-corrected chi connectivity index (χ0v) is 11.7. The van der Waals surface area contributed by atoms with Crippen molar-refractivity contribution in [2.24, 2.45) is 5.92 Å². The lowest BCUT2D eigenvalue weighted by molar-refractivity contribution is -0.141. The van der Waals surface area contributed by atoms with E-state index < -0.39 is 21.9 Å². The number of hydrogen-bond acceptors (Lipinski definition) is 5. The van der Waals surface area contributed by atoms with Crippen molar-refractivity contribution in [2.45, 2.75) is 24.7 Å². The van der Waals surface area contributed by atoms with Gasteiger partial charge >= 0.3 is 5.97 Å². The van der Waals surface area contributed by atoms with Crippen molar-refractivity contribution < 1.29 is 18.3 Å². The minimum absolute atomic E-state index is 0.111. The number of hydrogen-bond donors (Lipinski definition) is 2. The summed E-state index contributed by atoms with van der Waals surface area (Å²) in [4.78, 5) is 14.1. The van der Waals surface area contributed by atoms with Gasteiger partial charge in [0, 0.05) is 12.7 Å². The number of carboxylic acids is 1. The summed E-state index contributed by atoms with van der Waals surface area (Å²) in [5, 5.41) is 17.5. The molecule has 1 heterocycles. The van der Waals surface area contributed by atoms with Gasteiger partial charge in [-0.3, -0.25) is 4.79 Å². The first kappa shape index (κ1) is 16.1. The molecule has 8 heteroatoms. The molecule has 1 unspecified atom stereocenters. The highest BCUT2D eigenvalue weighted by atomic mass is 32.2. The molecule has 0 saturated carbocycles. The molecule has 0 amide bonds. The lowest BCUT2D eigenvalue weighted by atomic mass is 10.1. The highest BCUT2D eigenvalue weighted by Crippen LogP contribution is 2.12. The van der Waals surface area contributed by atoms with Crippen LogP contribution in [0.15, 0.2) is 23.2 Å². The smallest absolute Gasteiger partial charge is 0.306 e. The molecule has 0 bridgehead atoms. The predicted molar refractivity (Wildman–Crippen MR) is 70.2 cm³/mol. The molecule has 0 radical (unpaired) electrons. The number of nitrogens with zero attached hydrogens (tertiary/aromatic N) is 2. The summed E-state index contributed by atoms with van der Waals surface area (Å²) in [6.45, 7) is 1.67. The maximum absolute atomic E-state index is 12.0. The number of pyridine rings is 1. The van der Waals surface area contributed by atoms with Crippen molar-refractivity contribution in [2.75, 3.05) is 6.54 Å². The van der Waals surface area contributed by atoms with Gasteiger partial charge in [0.1, 0.15) is 11.0 Å². The molecule has 1 atom stereocenters. The Morgan fingerprint density at radius 2 is 2.30 bits per heavy atom. The Morgan fingerprint density at radius 1 is 1.60 bits per heavy atom. The Balaban J connectivity index is 2.63. The molecule has 0 fully saturated rings. The average Bonchev–Trinajstić information content (AvgIpc) is 2.43. The van der Waals surface area contributed by atoms with E-state index in [9.17, 15) is 13.2 Å². The summed E-state index contributed by atoms with van der Waals surface area (Å²) >= 11 is 0. The maximum atomic E-state index is 12.0. The van der Waals surface area contributed by atoms with Gasteiger partial charge in [-0.2, -0.15) is 5.26 Å². The molecule has 0 aliphatic rings. The fourth-order valence-corrected chi connectivity index (χ4v) is 2.69. The van der Waals surface area contributed by atoms with E-state index in [1.54, 1.807) is 13.0 Å². The molecular formula is C12H15N3O4S. The molecule has 0 aromatic carbocycles. The van der Waals surface area contributed by atoms with E-state index in [1.807, 2.05) is 0 Å². The number of aromatic nitrogens is 1. The van der Waals surface area contributed by atoms with E-state index in [1.165, 1.54) is 18.3 Å². The van der Waals surface area contributed by atoms with Crippen LogP contribution in [0.5, 0.6) is 0 Å². The number of nitriles is 1. The van der Waals surface area contributed by atoms with Gasteiger partial charge in [-0.15, -0.1) is 0 Å². The molecule has 2 N–H and O–H groups in total. The van der Waals surface area contributed by atoms with Crippen LogP contribution in [0.4, 0.5) is 0 Å². The van der Waals surface area contributed by atoms with Gasteiger partial charge in [-0.05, 0) is 25.0 Å². The number of sulfonamides is 1. The van der Waals surface area contributed by atoms with Crippen LogP contribution < -0.4 is 4.72 Å². The molecule has 0 saturated heterocycles. The summed E-state index contributed by atoms with van der Waals surface area (Å²) in [5.74, 6) is -1.43. The second-order valence-electron chi connectivity index (χ2n) is 4.24. The summed E-state index contributed by atoms with van der Waals surface area (Å²) < 4.78 is 26.3. The second-order valence-corrected chi connectivity index (χ2v) is 5.98. The average molecular weight is 297 g/mol. The molecule has 20 heavy (non-hydrogen) atoms. The Bertz CT molecular complexity index is 622. The highest BCUT2D eigenvalue weighted by Gasteiger charge is 2.19. The van der Waals surface area contributed by atoms with Crippen LogP contribution in [0.25, 0.3) is 0 Å². The summed E-state index contributed by atoms with van der Waals surface area (Å²) in [6.07, 6.45) is 2.11. The SMILES string of the molecule is CC(CCCNS(=O)(=O)c1cccnc1C#N)C(=O)O. The molecule has 1 rings (SSSR count). The third-order valence-corrected chi connectivity index (χ3v) is 4.19. The largest absolute Gasteiger partial charge is 0.481 e. The van der Waals surface area contributed by atoms with Crippen molar-refractivity contribution in [3.63, 3.8) is 0 Å². The number of carbonyl (C=O) groups is 1. The van der Waals surface area contributed by atoms with Crippen LogP contribution in [-0.2, 0) is 14.8 Å². The normalized spacial score (nSPS) is 12.6. The Hall–Kier alpha value is -1.98. The van der Waals surface area contributed by atoms with E-state index >= 15 is 0 Å². The molecule has 1 aromatic rings. The number of aliphatic carboxylic acids is 1. The van der Waals surface area contributed by atoms with Gasteiger partial charge in [-0.1, -0.05) is 6.92 Å². The van der Waals surface area contributed by atoms with Gasteiger partial charge in [0.15, 0.2) is 5.69 Å². The van der Waals surface area contributed by atoms with Crippen LogP contribution in [-0.4, -0.2) is 31.0 Å². The first-order valence-corrected chi connectivity index (χ1v) is 7.44. The van der Waals surface area contributed by atoms with Crippen molar-refractivity contribution in [1.82, 2.24) is 9.71 Å². The Labute approximate surface area is 117 Å². The van der Waals surface area contributed by atoms with Crippen LogP contribution in [0.3, 0.4) is 0 Å². The molecule has 0 aliphatic carbocycles. The molecule has 1 aromatic heterocycles. The Kier molecular flexibility index (Phi) is 5.61. The number of nitrogens with one attached hydrogen (secondary N) is 1. The van der Waals surface area contributed by atoms with E-state index in [2.05, 4.69) is 9.71 Å². The van der Waals surface area contributed by atoms with Crippen molar-refractivity contribution in [1.29, 1.82) is 5.26 Å². The Morgan fingerprint density at radius 3 is 2.90 bits per heavy atom. The number of carboxylic acid groups (broad SMARTS) is 1. The highest BCUT2D eigenvalue weighted by molar-refractivity contribution is 7.89. The van der Waals surface area contributed by atoms with E-state index in [0.29, 0.717) is 12.8 Å². The van der Waals surface area contributed by atoms with E-state index in [-0.39, 0.29) is 17.1 Å². The van der Waals surface area contributed by atoms with Gasteiger partial charge < -0.3 is 5.11 Å². The van der Waals surface area contributed by atoms with Gasteiger partial charge in [0.2, 0.25) is 10.0 Å². The minimum atomic E-state index is -3.80. The standard InChI is InChI=1S/C12H15N3O4S/c1-9(12(16)17)4-2-7-15-20(18,19)11-5-3-6-14-10(11)8-13/h3,5-6,9,15H,2,4,7H2,1H3,(H,16,17). The van der Waals surface area contributed by atoms with Crippen LogP contribution in [0.1, 0.15) is 25.5 Å². The van der Waals surface area contributed by atoms with Crippen LogP contribution in [0, 0.1) is 17.2 Å². The second kappa shape index (κ2) is 6.98. The first-order valence-electron chi connectivity index (χ1n) is 5.96. The predicted octanol–water partition coefficient (Wildman–Crippen LogP) is 0.732. The third-order valence-electron chi connectivity index (χ3n) is 2.69. The fourth-order valence-electron chi connectivity index (χ4n) is 1.51. The van der Waals surface area contributed by atoms with Crippen molar-refractivity contribution in [3.8, 4) is 6.07 Å². The van der Waals surface area contributed by atoms with Crippen LogP contribution in [0.2, 0.25) is 0 Å². The first-order chi connectivity index (χ1) is 9.38. The fraction of sp³-hybridized carbons (Fsp3) is 0.417. The zero-order valence-electron chi connectivity index (χ0n) is 10.9. The lowest BCUT2D eigenvalue weighted by Gasteiger charge is -2.08. The van der Waals surface area contributed by atoms with E-state index in [4.69, 9.17) is 10.4 Å². The molecule has 0 spiro atoms. The number of rotatable bonds is 7. The lowest BCUT2D eigenvalue weighted by Crippen LogP contribution is -2.26. The topological polar surface area (TPSA) is 120 Å². The van der Waals surface area contributed by atoms with Crippen molar-refractivity contribution in [3.05, 3.63) is 24.0 Å². The summed E-state index contributed by atoms with van der Waals surface area (Å²) in [5.41, 5.74) is -0.168. The molecule has 108 valence electrons. The quantitative estimate of drug-likeness (QED) is 0.716. The van der Waals surface area contributed by atoms with Gasteiger partial charge in [0.25, 0.3) is 0 Å². The molecular weight excluding hydrogens is 282 g/mol. The van der Waals surface area contributed by atoms with Gasteiger partial charge in [0.05, 0.1) is 5.92 Å². The van der Waals surface area contributed by atoms with Crippen LogP contribution >= 0.6 is 0 Å². The molecule has 7 nitrogen and oxygen atoms in total. The third kappa shape index (κ3) is 4.29.